The second-order valence-corrected chi connectivity index (χ2v) is 5.48. The maximum Gasteiger partial charge on any atom is 0.325 e. The van der Waals surface area contributed by atoms with Crippen LogP contribution in [0.5, 0.6) is 0 Å². The van der Waals surface area contributed by atoms with E-state index in [4.69, 9.17) is 9.47 Å². The zero-order chi connectivity index (χ0) is 15.3. The van der Waals surface area contributed by atoms with Crippen LogP contribution in [0.3, 0.4) is 0 Å². The topological polar surface area (TPSA) is 47.6 Å². The second kappa shape index (κ2) is 12.2. The van der Waals surface area contributed by atoms with Crippen LogP contribution in [-0.2, 0) is 14.3 Å². The van der Waals surface area contributed by atoms with Crippen molar-refractivity contribution < 1.29 is 14.3 Å². The number of carbonyl (C=O) groups is 1. The summed E-state index contributed by atoms with van der Waals surface area (Å²) in [6.45, 7) is 8.20. The number of esters is 1. The summed E-state index contributed by atoms with van der Waals surface area (Å²) in [4.78, 5) is 11.8. The first-order valence-corrected chi connectivity index (χ1v) is 8.02. The van der Waals surface area contributed by atoms with E-state index >= 15 is 0 Å². The van der Waals surface area contributed by atoms with E-state index in [0.29, 0.717) is 13.0 Å². The molecule has 120 valence electrons. The molecule has 0 saturated carbocycles. The number of ether oxygens (including phenoxy) is 2. The van der Waals surface area contributed by atoms with Crippen LogP contribution >= 0.6 is 0 Å². The van der Waals surface area contributed by atoms with Crippen molar-refractivity contribution in [2.45, 2.75) is 71.3 Å². The number of hydrogen-bond acceptors (Lipinski definition) is 4. The molecule has 0 saturated heterocycles. The van der Waals surface area contributed by atoms with Gasteiger partial charge in [0.25, 0.3) is 0 Å². The Labute approximate surface area is 124 Å². The highest BCUT2D eigenvalue weighted by Crippen LogP contribution is 2.12. The number of hydrogen-bond donors (Lipinski definition) is 1. The highest BCUT2D eigenvalue weighted by atomic mass is 16.5. The number of nitrogens with one attached hydrogen (secondary N) is 1. The average Bonchev–Trinajstić information content (AvgIpc) is 2.45. The summed E-state index contributed by atoms with van der Waals surface area (Å²) in [6.07, 6.45) is 8.24. The Balaban J connectivity index is 3.67. The van der Waals surface area contributed by atoms with Crippen LogP contribution in [0.4, 0.5) is 0 Å². The van der Waals surface area contributed by atoms with Gasteiger partial charge in [-0.25, -0.2) is 0 Å². The molecule has 0 fully saturated rings. The number of rotatable bonds is 13. The first-order chi connectivity index (χ1) is 9.60. The fourth-order valence-corrected chi connectivity index (χ4v) is 2.24. The molecule has 0 aliphatic rings. The highest BCUT2D eigenvalue weighted by Gasteiger charge is 2.32. The van der Waals surface area contributed by atoms with Gasteiger partial charge >= 0.3 is 5.97 Å². The van der Waals surface area contributed by atoms with E-state index in [1.54, 1.807) is 0 Å². The van der Waals surface area contributed by atoms with Crippen molar-refractivity contribution in [3.63, 3.8) is 0 Å². The van der Waals surface area contributed by atoms with Crippen LogP contribution in [0.1, 0.15) is 65.7 Å². The quantitative estimate of drug-likeness (QED) is 0.417. The van der Waals surface area contributed by atoms with Crippen LogP contribution in [-0.4, -0.2) is 38.4 Å². The van der Waals surface area contributed by atoms with Gasteiger partial charge in [-0.3, -0.25) is 4.79 Å². The van der Waals surface area contributed by atoms with Gasteiger partial charge in [0.2, 0.25) is 0 Å². The minimum absolute atomic E-state index is 0.220. The third-order valence-electron chi connectivity index (χ3n) is 3.59. The van der Waals surface area contributed by atoms with Crippen LogP contribution in [0.25, 0.3) is 0 Å². The van der Waals surface area contributed by atoms with Gasteiger partial charge in [0.1, 0.15) is 5.54 Å². The van der Waals surface area contributed by atoms with Gasteiger partial charge in [0, 0.05) is 13.2 Å². The van der Waals surface area contributed by atoms with Gasteiger partial charge in [0.15, 0.2) is 0 Å². The normalized spacial score (nSPS) is 14.0. The molecule has 0 spiro atoms. The molecular formula is C16H33NO3. The maximum atomic E-state index is 11.8. The lowest BCUT2D eigenvalue weighted by atomic mass is 9.98. The Hall–Kier alpha value is -0.610. The Kier molecular flexibility index (Phi) is 11.8. The summed E-state index contributed by atoms with van der Waals surface area (Å²) in [7, 11) is 1.43. The Morgan fingerprint density at radius 2 is 1.70 bits per heavy atom. The van der Waals surface area contributed by atoms with Crippen molar-refractivity contribution in [2.24, 2.45) is 0 Å². The molecule has 0 aromatic carbocycles. The molecule has 0 aliphatic carbocycles. The smallest absolute Gasteiger partial charge is 0.325 e. The zero-order valence-corrected chi connectivity index (χ0v) is 13.8. The average molecular weight is 287 g/mol. The van der Waals surface area contributed by atoms with E-state index in [-0.39, 0.29) is 5.97 Å². The fourth-order valence-electron chi connectivity index (χ4n) is 2.24. The number of methoxy groups -OCH3 is 1. The lowest BCUT2D eigenvalue weighted by Gasteiger charge is -2.27. The largest absolute Gasteiger partial charge is 0.468 e. The molecule has 1 N–H and O–H groups in total. The van der Waals surface area contributed by atoms with Crippen molar-refractivity contribution in [1.82, 2.24) is 5.32 Å². The van der Waals surface area contributed by atoms with Gasteiger partial charge in [0.05, 0.1) is 7.11 Å². The van der Waals surface area contributed by atoms with E-state index in [9.17, 15) is 4.79 Å². The van der Waals surface area contributed by atoms with E-state index in [2.05, 4.69) is 12.2 Å². The van der Waals surface area contributed by atoms with E-state index in [0.717, 1.165) is 19.6 Å². The first-order valence-electron chi connectivity index (χ1n) is 8.02. The van der Waals surface area contributed by atoms with Crippen molar-refractivity contribution in [1.29, 1.82) is 0 Å². The van der Waals surface area contributed by atoms with Crippen molar-refractivity contribution in [2.75, 3.05) is 26.9 Å². The predicted octanol–water partition coefficient (Wildman–Crippen LogP) is 3.29. The number of likely N-dealkylation sites (N-methyl/N-ethyl adjacent to an activating group) is 1. The molecule has 0 aliphatic heterocycles. The Bertz CT molecular complexity index is 246. The summed E-state index contributed by atoms with van der Waals surface area (Å²) in [5, 5.41) is 3.18. The standard InChI is InChI=1S/C16H33NO3/c1-5-7-8-9-10-11-13-20-14-12-16(3,17-6-2)15(18)19-4/h17H,5-14H2,1-4H3. The third-order valence-corrected chi connectivity index (χ3v) is 3.59. The van der Waals surface area contributed by atoms with Gasteiger partial charge in [-0.15, -0.1) is 0 Å². The van der Waals surface area contributed by atoms with Gasteiger partial charge < -0.3 is 14.8 Å². The van der Waals surface area contributed by atoms with Gasteiger partial charge in [-0.05, 0) is 26.3 Å². The molecule has 0 amide bonds. The molecule has 4 heteroatoms. The van der Waals surface area contributed by atoms with Crippen molar-refractivity contribution in [3.05, 3.63) is 0 Å². The van der Waals surface area contributed by atoms with E-state index in [1.165, 1.54) is 39.2 Å². The molecule has 0 bridgehead atoms. The monoisotopic (exact) mass is 287 g/mol. The number of unbranched alkanes of at least 4 members (excludes halogenated alkanes) is 5. The molecule has 0 aromatic heterocycles. The number of carbonyl (C=O) groups excluding carboxylic acids is 1. The summed E-state index contributed by atoms with van der Waals surface area (Å²) >= 11 is 0. The molecule has 0 radical (unpaired) electrons. The molecule has 1 unspecified atom stereocenters. The summed E-state index contributed by atoms with van der Waals surface area (Å²) in [5.41, 5.74) is -0.634. The molecule has 0 aromatic rings. The molecule has 20 heavy (non-hydrogen) atoms. The van der Waals surface area contributed by atoms with Crippen LogP contribution < -0.4 is 5.32 Å². The molecule has 1 atom stereocenters. The summed E-state index contributed by atoms with van der Waals surface area (Å²) in [6, 6.07) is 0. The molecular weight excluding hydrogens is 254 g/mol. The second-order valence-electron chi connectivity index (χ2n) is 5.48. The minimum atomic E-state index is -0.634. The highest BCUT2D eigenvalue weighted by molar-refractivity contribution is 5.80. The Morgan fingerprint density at radius 3 is 2.30 bits per heavy atom. The van der Waals surface area contributed by atoms with E-state index < -0.39 is 5.54 Å². The SMILES string of the molecule is CCCCCCCCOCCC(C)(NCC)C(=O)OC. The van der Waals surface area contributed by atoms with Gasteiger partial charge in [-0.2, -0.15) is 0 Å². The van der Waals surface area contributed by atoms with Crippen molar-refractivity contribution >= 4 is 5.97 Å². The summed E-state index contributed by atoms with van der Waals surface area (Å²) < 4.78 is 10.5. The Morgan fingerprint density at radius 1 is 1.05 bits per heavy atom. The fraction of sp³-hybridized carbons (Fsp3) is 0.938. The lowest BCUT2D eigenvalue weighted by molar-refractivity contribution is -0.148. The molecule has 0 heterocycles. The predicted molar refractivity (Wildman–Crippen MR) is 82.9 cm³/mol. The molecule has 4 nitrogen and oxygen atoms in total. The van der Waals surface area contributed by atoms with Crippen LogP contribution in [0.2, 0.25) is 0 Å². The van der Waals surface area contributed by atoms with Gasteiger partial charge in [-0.1, -0.05) is 46.0 Å². The first kappa shape index (κ1) is 19.4. The zero-order valence-electron chi connectivity index (χ0n) is 13.8. The minimum Gasteiger partial charge on any atom is -0.468 e. The van der Waals surface area contributed by atoms with E-state index in [1.807, 2.05) is 13.8 Å². The van der Waals surface area contributed by atoms with Crippen LogP contribution in [0.15, 0.2) is 0 Å². The summed E-state index contributed by atoms with van der Waals surface area (Å²) in [5.74, 6) is -0.220. The molecule has 0 rings (SSSR count). The van der Waals surface area contributed by atoms with Crippen LogP contribution in [0, 0.1) is 0 Å². The van der Waals surface area contributed by atoms with Crippen molar-refractivity contribution in [3.8, 4) is 0 Å². The third kappa shape index (κ3) is 8.54. The maximum absolute atomic E-state index is 11.8. The lowest BCUT2D eigenvalue weighted by Crippen LogP contribution is -2.50.